The monoisotopic (exact) mass is 408 g/mol. The molecule has 0 unspecified atom stereocenters. The maximum absolute atomic E-state index is 9.83. The lowest BCUT2D eigenvalue weighted by Crippen LogP contribution is -1.97. The van der Waals surface area contributed by atoms with E-state index in [1.165, 1.54) is 36.9 Å². The average molecular weight is 409 g/mol. The number of phenolic OH excluding ortho intramolecular Hbond substituents is 1. The molecule has 4 aromatic rings. The summed E-state index contributed by atoms with van der Waals surface area (Å²) in [7, 11) is 0. The van der Waals surface area contributed by atoms with Crippen molar-refractivity contribution in [3.8, 4) is 35.2 Å². The number of hydrogen-bond donors (Lipinski definition) is 2. The molecule has 3 aromatic heterocycles. The van der Waals surface area contributed by atoms with E-state index in [-0.39, 0.29) is 29.0 Å². The van der Waals surface area contributed by atoms with E-state index >= 15 is 0 Å². The molecule has 0 saturated carbocycles. The van der Waals surface area contributed by atoms with Crippen molar-refractivity contribution in [2.75, 3.05) is 0 Å². The van der Waals surface area contributed by atoms with Gasteiger partial charge in [0.25, 0.3) is 0 Å². The number of halogens is 1. The Balaban J connectivity index is 1.83. The number of phenols is 1. The number of aromatic hydroxyl groups is 1. The summed E-state index contributed by atoms with van der Waals surface area (Å²) in [6, 6.07) is 6.11. The Morgan fingerprint density at radius 3 is 2.66 bits per heavy atom. The number of hydrogen-bond acceptors (Lipinski definition) is 8. The second kappa shape index (κ2) is 7.61. The predicted octanol–water partition coefficient (Wildman–Crippen LogP) is 4.13. The van der Waals surface area contributed by atoms with Crippen LogP contribution in [0.25, 0.3) is 11.0 Å². The second-order valence-electron chi connectivity index (χ2n) is 5.91. The van der Waals surface area contributed by atoms with Crippen LogP contribution in [0, 0.1) is 11.3 Å². The molecule has 0 spiro atoms. The fourth-order valence-electron chi connectivity index (χ4n) is 2.68. The number of fused-ring (bicyclic) bond motifs is 1. The fraction of sp³-hybridized carbons (Fsp3) is 0.105. The first kappa shape index (κ1) is 18.5. The average Bonchev–Trinajstić information content (AvgIpc) is 3.04. The maximum atomic E-state index is 9.83. The normalized spacial score (nSPS) is 10.7. The quantitative estimate of drug-likeness (QED) is 0.504. The summed E-state index contributed by atoms with van der Waals surface area (Å²) in [5, 5.41) is 19.8. The van der Waals surface area contributed by atoms with Crippen LogP contribution in [0.1, 0.15) is 18.2 Å². The Bertz CT molecular complexity index is 1240. The van der Waals surface area contributed by atoms with Crippen LogP contribution in [0.4, 0.5) is 0 Å². The molecule has 0 bridgehead atoms. The van der Waals surface area contributed by atoms with E-state index in [0.717, 1.165) is 5.69 Å². The molecule has 29 heavy (non-hydrogen) atoms. The molecule has 2 N–H and O–H groups in total. The number of nitrogens with one attached hydrogen (secondary N) is 1. The lowest BCUT2D eigenvalue weighted by atomic mass is 10.2. The first-order valence-corrected chi connectivity index (χ1v) is 8.88. The minimum atomic E-state index is -0.114. The highest BCUT2D eigenvalue weighted by molar-refractivity contribution is 6.36. The summed E-state index contributed by atoms with van der Waals surface area (Å²) >= 11 is 6.48. The molecule has 0 amide bonds. The van der Waals surface area contributed by atoms with Crippen LogP contribution in [0.3, 0.4) is 0 Å². The van der Waals surface area contributed by atoms with Gasteiger partial charge < -0.3 is 19.6 Å². The minimum absolute atomic E-state index is 0.0106. The zero-order valence-electron chi connectivity index (χ0n) is 15.0. The molecular weight excluding hydrogens is 396 g/mol. The van der Waals surface area contributed by atoms with Crippen molar-refractivity contribution >= 4 is 22.6 Å². The summed E-state index contributed by atoms with van der Waals surface area (Å²) in [5.74, 6) is 0.551. The third kappa shape index (κ3) is 3.74. The Labute approximate surface area is 169 Å². The number of aromatic nitrogens is 5. The van der Waals surface area contributed by atoms with Gasteiger partial charge in [-0.3, -0.25) is 0 Å². The molecular formula is C19H13ClN6O3. The number of nitriles is 1. The predicted molar refractivity (Wildman–Crippen MR) is 103 cm³/mol. The lowest BCUT2D eigenvalue weighted by Gasteiger charge is -2.09. The van der Waals surface area contributed by atoms with Crippen molar-refractivity contribution in [3.63, 3.8) is 0 Å². The zero-order valence-corrected chi connectivity index (χ0v) is 15.8. The van der Waals surface area contributed by atoms with Crippen molar-refractivity contribution in [1.82, 2.24) is 24.9 Å². The van der Waals surface area contributed by atoms with Crippen molar-refractivity contribution in [2.24, 2.45) is 0 Å². The van der Waals surface area contributed by atoms with E-state index in [1.807, 2.05) is 13.0 Å². The van der Waals surface area contributed by atoms with Gasteiger partial charge in [0, 0.05) is 11.8 Å². The van der Waals surface area contributed by atoms with E-state index in [1.54, 1.807) is 0 Å². The van der Waals surface area contributed by atoms with E-state index < -0.39 is 0 Å². The van der Waals surface area contributed by atoms with Crippen LogP contribution in [0.2, 0.25) is 5.02 Å². The summed E-state index contributed by atoms with van der Waals surface area (Å²) in [4.78, 5) is 19.5. The summed E-state index contributed by atoms with van der Waals surface area (Å²) in [5.41, 5.74) is 1.41. The molecule has 0 aliphatic heterocycles. The topological polar surface area (TPSA) is 130 Å². The van der Waals surface area contributed by atoms with Crippen LogP contribution in [-0.2, 0) is 6.42 Å². The second-order valence-corrected chi connectivity index (χ2v) is 6.29. The SMILES string of the molecule is CCc1[nH]c2nc(Oc3cncnc3)nc(Oc3cc(O)cc(C#N)c3)c2c1Cl. The molecule has 144 valence electrons. The van der Waals surface area contributed by atoms with Crippen molar-refractivity contribution < 1.29 is 14.6 Å². The van der Waals surface area contributed by atoms with Gasteiger partial charge in [0.05, 0.1) is 29.0 Å². The van der Waals surface area contributed by atoms with E-state index in [2.05, 4.69) is 24.9 Å². The molecule has 0 aliphatic rings. The third-order valence-electron chi connectivity index (χ3n) is 3.94. The van der Waals surface area contributed by atoms with Gasteiger partial charge in [-0.1, -0.05) is 18.5 Å². The van der Waals surface area contributed by atoms with Crippen LogP contribution >= 0.6 is 11.6 Å². The number of nitrogens with zero attached hydrogens (tertiary/aromatic N) is 5. The van der Waals surface area contributed by atoms with E-state index in [4.69, 9.17) is 26.3 Å². The van der Waals surface area contributed by atoms with Gasteiger partial charge in [0.1, 0.15) is 28.9 Å². The van der Waals surface area contributed by atoms with Crippen molar-refractivity contribution in [2.45, 2.75) is 13.3 Å². The Morgan fingerprint density at radius 1 is 1.14 bits per heavy atom. The molecule has 10 heteroatoms. The number of H-pyrrole nitrogens is 1. The number of ether oxygens (including phenoxy) is 2. The van der Waals surface area contributed by atoms with Gasteiger partial charge in [-0.15, -0.1) is 0 Å². The van der Waals surface area contributed by atoms with Gasteiger partial charge >= 0.3 is 6.01 Å². The Morgan fingerprint density at radius 2 is 1.93 bits per heavy atom. The highest BCUT2D eigenvalue weighted by Gasteiger charge is 2.20. The van der Waals surface area contributed by atoms with Crippen LogP contribution in [0.15, 0.2) is 36.9 Å². The first-order chi connectivity index (χ1) is 14.1. The highest BCUT2D eigenvalue weighted by Crippen LogP contribution is 2.37. The van der Waals surface area contributed by atoms with Crippen LogP contribution in [0.5, 0.6) is 29.1 Å². The molecule has 3 heterocycles. The molecule has 0 saturated heterocycles. The molecule has 0 fully saturated rings. The highest BCUT2D eigenvalue weighted by atomic mass is 35.5. The third-order valence-corrected chi connectivity index (χ3v) is 4.36. The summed E-state index contributed by atoms with van der Waals surface area (Å²) in [6.07, 6.45) is 4.95. The fourth-order valence-corrected chi connectivity index (χ4v) is 3.03. The van der Waals surface area contributed by atoms with Crippen LogP contribution in [-0.4, -0.2) is 30.0 Å². The van der Waals surface area contributed by atoms with Gasteiger partial charge in [0.2, 0.25) is 5.88 Å². The van der Waals surface area contributed by atoms with Gasteiger partial charge in [-0.05, 0) is 18.6 Å². The lowest BCUT2D eigenvalue weighted by molar-refractivity contribution is 0.412. The first-order valence-electron chi connectivity index (χ1n) is 8.50. The largest absolute Gasteiger partial charge is 0.508 e. The van der Waals surface area contributed by atoms with Crippen molar-refractivity contribution in [1.29, 1.82) is 5.26 Å². The molecule has 1 aromatic carbocycles. The maximum Gasteiger partial charge on any atom is 0.327 e. The number of aryl methyl sites for hydroxylation is 1. The standard InChI is InChI=1S/C19H13ClN6O3/c1-2-14-16(20)15-17(24-14)25-19(29-13-7-22-9-23-8-13)26-18(15)28-12-4-10(6-21)3-11(27)5-12/h3-5,7-9,27H,2H2,1H3,(H,24,25,26). The summed E-state index contributed by atoms with van der Waals surface area (Å²) < 4.78 is 11.5. The zero-order chi connectivity index (χ0) is 20.4. The number of rotatable bonds is 5. The number of aromatic amines is 1. The van der Waals surface area contributed by atoms with E-state index in [9.17, 15) is 5.11 Å². The Kier molecular flexibility index (Phi) is 4.85. The summed E-state index contributed by atoms with van der Waals surface area (Å²) in [6.45, 7) is 1.94. The van der Waals surface area contributed by atoms with Crippen LogP contribution < -0.4 is 9.47 Å². The number of benzene rings is 1. The molecule has 0 radical (unpaired) electrons. The Hall–Kier alpha value is -3.90. The van der Waals surface area contributed by atoms with Gasteiger partial charge in [-0.2, -0.15) is 15.2 Å². The molecule has 9 nitrogen and oxygen atoms in total. The smallest absolute Gasteiger partial charge is 0.327 e. The minimum Gasteiger partial charge on any atom is -0.508 e. The molecule has 4 rings (SSSR count). The van der Waals surface area contributed by atoms with E-state index in [0.29, 0.717) is 28.2 Å². The molecule has 0 aliphatic carbocycles. The van der Waals surface area contributed by atoms with Crippen molar-refractivity contribution in [3.05, 3.63) is 53.2 Å². The molecule has 0 atom stereocenters. The van der Waals surface area contributed by atoms with Gasteiger partial charge in [-0.25, -0.2) is 9.97 Å². The van der Waals surface area contributed by atoms with Gasteiger partial charge in [0.15, 0.2) is 5.75 Å².